The molecule has 0 radical (unpaired) electrons. The molecule has 2 saturated carbocycles. The van der Waals surface area contributed by atoms with Crippen molar-refractivity contribution in [3.05, 3.63) is 16.1 Å². The molecule has 98 valence electrons. The minimum atomic E-state index is -0.0332. The summed E-state index contributed by atoms with van der Waals surface area (Å²) in [7, 11) is 0. The Balaban J connectivity index is 1.61. The van der Waals surface area contributed by atoms with E-state index in [1.807, 2.05) is 6.20 Å². The number of amides is 2. The Morgan fingerprint density at radius 1 is 1.56 bits per heavy atom. The fourth-order valence-electron chi connectivity index (χ4n) is 2.20. The van der Waals surface area contributed by atoms with Crippen LogP contribution in [0.5, 0.6) is 0 Å². The van der Waals surface area contributed by atoms with Crippen LogP contribution in [0.15, 0.2) is 6.20 Å². The summed E-state index contributed by atoms with van der Waals surface area (Å²) < 4.78 is 0. The van der Waals surface area contributed by atoms with Gasteiger partial charge in [0.25, 0.3) is 0 Å². The lowest BCUT2D eigenvalue weighted by Gasteiger charge is -2.16. The number of nitrogens with one attached hydrogen (secondary N) is 2. The Hall–Kier alpha value is -1.10. The van der Waals surface area contributed by atoms with E-state index in [9.17, 15) is 4.79 Å². The van der Waals surface area contributed by atoms with Gasteiger partial charge in [-0.2, -0.15) is 0 Å². The second-order valence-corrected chi connectivity index (χ2v) is 6.83. The van der Waals surface area contributed by atoms with E-state index >= 15 is 0 Å². The maximum absolute atomic E-state index is 11.9. The number of thiazole rings is 1. The summed E-state index contributed by atoms with van der Waals surface area (Å²) in [5, 5.41) is 7.17. The zero-order chi connectivity index (χ0) is 12.7. The lowest BCUT2D eigenvalue weighted by molar-refractivity contribution is 0.234. The maximum atomic E-state index is 11.9. The summed E-state index contributed by atoms with van der Waals surface area (Å²) in [5.41, 5.74) is 0. The standard InChI is InChI=1S/C13H19N3OS/c1-7-5-10(7)15-13(17)16-11(9-3-4-9)12-14-6-8(2)18-12/h6-7,9-11H,3-5H2,1-2H3,(H2,15,16,17)/t7-,10+,11-/m1/s1. The van der Waals surface area contributed by atoms with Gasteiger partial charge in [-0.15, -0.1) is 11.3 Å². The molecule has 3 atom stereocenters. The van der Waals surface area contributed by atoms with Gasteiger partial charge in [-0.1, -0.05) is 6.92 Å². The molecule has 2 N–H and O–H groups in total. The molecular weight excluding hydrogens is 246 g/mol. The van der Waals surface area contributed by atoms with Crippen molar-refractivity contribution in [2.75, 3.05) is 0 Å². The number of aromatic nitrogens is 1. The van der Waals surface area contributed by atoms with E-state index in [0.29, 0.717) is 17.9 Å². The molecule has 0 spiro atoms. The van der Waals surface area contributed by atoms with Gasteiger partial charge >= 0.3 is 6.03 Å². The first-order valence-electron chi connectivity index (χ1n) is 6.63. The summed E-state index contributed by atoms with van der Waals surface area (Å²) >= 11 is 1.69. The summed E-state index contributed by atoms with van der Waals surface area (Å²) in [5.74, 6) is 1.22. The minimum Gasteiger partial charge on any atom is -0.335 e. The summed E-state index contributed by atoms with van der Waals surface area (Å²) in [6, 6.07) is 0.453. The molecule has 0 unspecified atom stereocenters. The largest absolute Gasteiger partial charge is 0.335 e. The molecule has 0 saturated heterocycles. The zero-order valence-corrected chi connectivity index (χ0v) is 11.6. The van der Waals surface area contributed by atoms with Crippen molar-refractivity contribution in [3.8, 4) is 0 Å². The van der Waals surface area contributed by atoms with Gasteiger partial charge in [0.1, 0.15) is 5.01 Å². The van der Waals surface area contributed by atoms with Crippen LogP contribution in [0.1, 0.15) is 42.1 Å². The number of carbonyl (C=O) groups excluding carboxylic acids is 1. The molecule has 1 heterocycles. The topological polar surface area (TPSA) is 54.0 Å². The molecule has 5 heteroatoms. The number of nitrogens with zero attached hydrogens (tertiary/aromatic N) is 1. The van der Waals surface area contributed by atoms with Crippen LogP contribution >= 0.6 is 11.3 Å². The van der Waals surface area contributed by atoms with E-state index in [1.165, 1.54) is 17.7 Å². The van der Waals surface area contributed by atoms with Crippen molar-refractivity contribution in [1.29, 1.82) is 0 Å². The van der Waals surface area contributed by atoms with Crippen molar-refractivity contribution < 1.29 is 4.79 Å². The van der Waals surface area contributed by atoms with Gasteiger partial charge in [0.05, 0.1) is 6.04 Å². The number of urea groups is 1. The molecule has 2 amide bonds. The molecule has 2 aliphatic carbocycles. The molecule has 2 aliphatic rings. The molecule has 4 nitrogen and oxygen atoms in total. The van der Waals surface area contributed by atoms with Gasteiger partial charge < -0.3 is 10.6 Å². The van der Waals surface area contributed by atoms with Crippen LogP contribution in [0, 0.1) is 18.8 Å². The van der Waals surface area contributed by atoms with Crippen molar-refractivity contribution in [3.63, 3.8) is 0 Å². The quantitative estimate of drug-likeness (QED) is 0.879. The second kappa shape index (κ2) is 4.53. The van der Waals surface area contributed by atoms with Gasteiger partial charge in [-0.05, 0) is 38.0 Å². The predicted molar refractivity (Wildman–Crippen MR) is 71.6 cm³/mol. The highest BCUT2D eigenvalue weighted by Gasteiger charge is 2.38. The van der Waals surface area contributed by atoms with Gasteiger partial charge in [0, 0.05) is 17.1 Å². The summed E-state index contributed by atoms with van der Waals surface area (Å²) in [6.07, 6.45) is 5.39. The van der Waals surface area contributed by atoms with Crippen LogP contribution in [0.2, 0.25) is 0 Å². The first-order chi connectivity index (χ1) is 8.63. The SMILES string of the molecule is Cc1cnc([C@H](NC(=O)N[C@H]2C[C@H]2C)C2CC2)s1. The number of rotatable bonds is 4. The van der Waals surface area contributed by atoms with Crippen molar-refractivity contribution in [1.82, 2.24) is 15.6 Å². The Kier molecular flexibility index (Phi) is 3.01. The molecule has 0 bridgehead atoms. The third kappa shape index (κ3) is 2.66. The number of hydrogen-bond acceptors (Lipinski definition) is 3. The van der Waals surface area contributed by atoms with E-state index in [-0.39, 0.29) is 12.1 Å². The van der Waals surface area contributed by atoms with Gasteiger partial charge in [-0.25, -0.2) is 9.78 Å². The molecule has 1 aromatic heterocycles. The number of carbonyl (C=O) groups is 1. The minimum absolute atomic E-state index is 0.0332. The highest BCUT2D eigenvalue weighted by molar-refractivity contribution is 7.11. The average Bonchev–Trinajstić information content (AvgIpc) is 3.21. The molecule has 0 aliphatic heterocycles. The van der Waals surface area contributed by atoms with E-state index in [0.717, 1.165) is 11.4 Å². The maximum Gasteiger partial charge on any atom is 0.315 e. The number of aryl methyl sites for hydroxylation is 1. The van der Waals surface area contributed by atoms with Crippen LogP contribution in [0.4, 0.5) is 4.79 Å². The molecule has 0 aromatic carbocycles. The fraction of sp³-hybridized carbons (Fsp3) is 0.692. The van der Waals surface area contributed by atoms with Gasteiger partial charge in [-0.3, -0.25) is 0 Å². The Morgan fingerprint density at radius 2 is 2.28 bits per heavy atom. The summed E-state index contributed by atoms with van der Waals surface area (Å²) in [6.45, 7) is 4.21. The Labute approximate surface area is 111 Å². The first-order valence-corrected chi connectivity index (χ1v) is 7.44. The Bertz CT molecular complexity index is 455. The third-order valence-corrected chi connectivity index (χ3v) is 4.71. The average molecular weight is 265 g/mol. The Morgan fingerprint density at radius 3 is 2.78 bits per heavy atom. The number of hydrogen-bond donors (Lipinski definition) is 2. The zero-order valence-electron chi connectivity index (χ0n) is 10.8. The highest BCUT2D eigenvalue weighted by atomic mass is 32.1. The van der Waals surface area contributed by atoms with Gasteiger partial charge in [0.2, 0.25) is 0 Å². The molecular formula is C13H19N3OS. The normalized spacial score (nSPS) is 27.7. The van der Waals surface area contributed by atoms with Crippen LogP contribution in [-0.4, -0.2) is 17.1 Å². The summed E-state index contributed by atoms with van der Waals surface area (Å²) in [4.78, 5) is 17.5. The predicted octanol–water partition coefficient (Wildman–Crippen LogP) is 2.61. The van der Waals surface area contributed by atoms with Crippen LogP contribution in [0.25, 0.3) is 0 Å². The molecule has 3 rings (SSSR count). The lowest BCUT2D eigenvalue weighted by Crippen LogP contribution is -2.40. The fourth-order valence-corrected chi connectivity index (χ4v) is 3.12. The third-order valence-electron chi connectivity index (χ3n) is 3.71. The first kappa shape index (κ1) is 12.0. The van der Waals surface area contributed by atoms with Crippen LogP contribution < -0.4 is 10.6 Å². The van der Waals surface area contributed by atoms with E-state index in [2.05, 4.69) is 29.5 Å². The smallest absolute Gasteiger partial charge is 0.315 e. The van der Waals surface area contributed by atoms with Crippen molar-refractivity contribution in [2.24, 2.45) is 11.8 Å². The van der Waals surface area contributed by atoms with Crippen molar-refractivity contribution >= 4 is 17.4 Å². The van der Waals surface area contributed by atoms with Crippen LogP contribution in [-0.2, 0) is 0 Å². The van der Waals surface area contributed by atoms with E-state index in [4.69, 9.17) is 0 Å². The van der Waals surface area contributed by atoms with E-state index < -0.39 is 0 Å². The lowest BCUT2D eigenvalue weighted by atomic mass is 10.2. The monoisotopic (exact) mass is 265 g/mol. The molecule has 1 aromatic rings. The molecule has 2 fully saturated rings. The highest BCUT2D eigenvalue weighted by Crippen LogP contribution is 2.42. The van der Waals surface area contributed by atoms with Gasteiger partial charge in [0.15, 0.2) is 0 Å². The van der Waals surface area contributed by atoms with E-state index in [1.54, 1.807) is 11.3 Å². The second-order valence-electron chi connectivity index (χ2n) is 5.56. The molecule has 18 heavy (non-hydrogen) atoms. The van der Waals surface area contributed by atoms with Crippen molar-refractivity contribution in [2.45, 2.75) is 45.2 Å². The van der Waals surface area contributed by atoms with Crippen LogP contribution in [0.3, 0.4) is 0 Å².